The summed E-state index contributed by atoms with van der Waals surface area (Å²) in [7, 11) is 0. The standard InChI is InChI=1S/C19H15FN2O4/c20-14-8-6-13(7-9-14)18(24)17(22-10-2-1-5-16(22)23)19(25)21-12-15-4-3-11-26-15/h1-11,17H,12H2,(H,21,25). The maximum absolute atomic E-state index is 13.1. The Hall–Kier alpha value is -3.48. The van der Waals surface area contributed by atoms with Crippen molar-refractivity contribution < 1.29 is 18.4 Å². The summed E-state index contributed by atoms with van der Waals surface area (Å²) >= 11 is 0. The van der Waals surface area contributed by atoms with Crippen LogP contribution in [0, 0.1) is 5.82 Å². The number of rotatable bonds is 6. The molecule has 0 aliphatic heterocycles. The highest BCUT2D eigenvalue weighted by Gasteiger charge is 2.30. The Morgan fingerprint density at radius 2 is 1.85 bits per heavy atom. The van der Waals surface area contributed by atoms with Gasteiger partial charge in [-0.05, 0) is 42.5 Å². The quantitative estimate of drug-likeness (QED) is 0.544. The molecule has 0 spiro atoms. The van der Waals surface area contributed by atoms with Crippen molar-refractivity contribution in [2.45, 2.75) is 12.6 Å². The third-order valence-electron chi connectivity index (χ3n) is 3.77. The summed E-state index contributed by atoms with van der Waals surface area (Å²) in [5.74, 6) is -1.27. The van der Waals surface area contributed by atoms with Gasteiger partial charge >= 0.3 is 0 Å². The largest absolute Gasteiger partial charge is 0.467 e. The van der Waals surface area contributed by atoms with Crippen LogP contribution in [0.3, 0.4) is 0 Å². The molecular formula is C19H15FN2O4. The van der Waals surface area contributed by atoms with E-state index in [1.807, 2.05) is 0 Å². The summed E-state index contributed by atoms with van der Waals surface area (Å²) in [5.41, 5.74) is -0.374. The molecule has 1 unspecified atom stereocenters. The van der Waals surface area contributed by atoms with Crippen molar-refractivity contribution in [3.8, 4) is 0 Å². The fourth-order valence-electron chi connectivity index (χ4n) is 2.48. The fourth-order valence-corrected chi connectivity index (χ4v) is 2.48. The molecule has 1 amide bonds. The molecule has 1 N–H and O–H groups in total. The summed E-state index contributed by atoms with van der Waals surface area (Å²) in [6.07, 6.45) is 2.82. The van der Waals surface area contributed by atoms with Crippen molar-refractivity contribution >= 4 is 11.7 Å². The Labute approximate surface area is 147 Å². The lowest BCUT2D eigenvalue weighted by Gasteiger charge is -2.18. The van der Waals surface area contributed by atoms with Crippen LogP contribution in [-0.2, 0) is 11.3 Å². The first-order valence-electron chi connectivity index (χ1n) is 7.83. The van der Waals surface area contributed by atoms with Crippen molar-refractivity contribution in [2.75, 3.05) is 0 Å². The number of halogens is 1. The molecule has 3 aromatic rings. The van der Waals surface area contributed by atoms with Crippen LogP contribution in [0.15, 0.2) is 76.3 Å². The highest BCUT2D eigenvalue weighted by atomic mass is 19.1. The van der Waals surface area contributed by atoms with Crippen LogP contribution >= 0.6 is 0 Å². The first-order valence-corrected chi connectivity index (χ1v) is 7.83. The lowest BCUT2D eigenvalue weighted by atomic mass is 10.0. The Morgan fingerprint density at radius 1 is 1.08 bits per heavy atom. The molecule has 7 heteroatoms. The van der Waals surface area contributed by atoms with E-state index in [9.17, 15) is 18.8 Å². The van der Waals surface area contributed by atoms with Gasteiger partial charge in [0, 0.05) is 17.8 Å². The summed E-state index contributed by atoms with van der Waals surface area (Å²) in [4.78, 5) is 37.7. The van der Waals surface area contributed by atoms with Crippen molar-refractivity contribution in [3.63, 3.8) is 0 Å². The zero-order valence-corrected chi connectivity index (χ0v) is 13.6. The molecule has 2 aromatic heterocycles. The number of furan rings is 1. The number of carbonyl (C=O) groups is 2. The van der Waals surface area contributed by atoms with Crippen LogP contribution in [0.25, 0.3) is 0 Å². The smallest absolute Gasteiger partial charge is 0.251 e. The normalized spacial score (nSPS) is 11.7. The van der Waals surface area contributed by atoms with Gasteiger partial charge in [0.05, 0.1) is 12.8 Å². The van der Waals surface area contributed by atoms with Gasteiger partial charge in [0.2, 0.25) is 0 Å². The summed E-state index contributed by atoms with van der Waals surface area (Å²) in [6.45, 7) is 0.0701. The van der Waals surface area contributed by atoms with Crippen LogP contribution in [0.4, 0.5) is 4.39 Å². The average Bonchev–Trinajstić information content (AvgIpc) is 3.16. The molecule has 0 fully saturated rings. The van der Waals surface area contributed by atoms with E-state index in [2.05, 4.69) is 5.32 Å². The van der Waals surface area contributed by atoms with Gasteiger partial charge in [0.1, 0.15) is 11.6 Å². The van der Waals surface area contributed by atoms with Crippen LogP contribution in [0.1, 0.15) is 22.2 Å². The third kappa shape index (κ3) is 3.77. The number of carbonyl (C=O) groups excluding carboxylic acids is 2. The van der Waals surface area contributed by atoms with E-state index < -0.39 is 29.1 Å². The topological polar surface area (TPSA) is 81.3 Å². The second kappa shape index (κ2) is 7.60. The number of Topliss-reactive ketones (excluding diaryl/α,β-unsaturated/α-hetero) is 1. The Bertz CT molecular complexity index is 962. The predicted octanol–water partition coefficient (Wildman–Crippen LogP) is 2.32. The van der Waals surface area contributed by atoms with Crippen molar-refractivity contribution in [3.05, 3.63) is 94.6 Å². The summed E-state index contributed by atoms with van der Waals surface area (Å²) < 4.78 is 19.3. The Kier molecular flexibility index (Phi) is 5.07. The van der Waals surface area contributed by atoms with Gasteiger partial charge in [0.25, 0.3) is 11.5 Å². The van der Waals surface area contributed by atoms with Gasteiger partial charge in [-0.1, -0.05) is 6.07 Å². The lowest BCUT2D eigenvalue weighted by Crippen LogP contribution is -2.41. The van der Waals surface area contributed by atoms with Crippen molar-refractivity contribution in [1.29, 1.82) is 0 Å². The van der Waals surface area contributed by atoms with E-state index in [1.54, 1.807) is 18.2 Å². The highest BCUT2D eigenvalue weighted by molar-refractivity contribution is 6.11. The van der Waals surface area contributed by atoms with Gasteiger partial charge in [-0.2, -0.15) is 0 Å². The first-order chi connectivity index (χ1) is 12.6. The second-order valence-corrected chi connectivity index (χ2v) is 5.52. The highest BCUT2D eigenvalue weighted by Crippen LogP contribution is 2.15. The maximum Gasteiger partial charge on any atom is 0.251 e. The van der Waals surface area contributed by atoms with Gasteiger partial charge in [-0.25, -0.2) is 4.39 Å². The molecule has 0 bridgehead atoms. The first kappa shape index (κ1) is 17.3. The van der Waals surface area contributed by atoms with Crippen LogP contribution < -0.4 is 10.9 Å². The van der Waals surface area contributed by atoms with Gasteiger partial charge in [-0.15, -0.1) is 0 Å². The summed E-state index contributed by atoms with van der Waals surface area (Å²) in [6, 6.07) is 11.0. The van der Waals surface area contributed by atoms with E-state index in [-0.39, 0.29) is 12.1 Å². The monoisotopic (exact) mass is 354 g/mol. The maximum atomic E-state index is 13.1. The number of nitrogens with zero attached hydrogens (tertiary/aromatic N) is 1. The van der Waals surface area contributed by atoms with E-state index in [1.165, 1.54) is 36.7 Å². The molecule has 0 aliphatic rings. The second-order valence-electron chi connectivity index (χ2n) is 5.52. The SMILES string of the molecule is O=C(NCc1ccco1)C(C(=O)c1ccc(F)cc1)n1ccccc1=O. The van der Waals surface area contributed by atoms with Crippen LogP contribution in [-0.4, -0.2) is 16.3 Å². The van der Waals surface area contributed by atoms with E-state index in [0.717, 1.165) is 16.7 Å². The molecule has 0 radical (unpaired) electrons. The number of hydrogen-bond acceptors (Lipinski definition) is 4. The lowest BCUT2D eigenvalue weighted by molar-refractivity contribution is -0.123. The Balaban J connectivity index is 1.92. The molecule has 1 aromatic carbocycles. The number of ketones is 1. The third-order valence-corrected chi connectivity index (χ3v) is 3.77. The molecule has 0 aliphatic carbocycles. The molecular weight excluding hydrogens is 339 g/mol. The van der Waals surface area contributed by atoms with Crippen molar-refractivity contribution in [2.24, 2.45) is 0 Å². The number of aromatic nitrogens is 1. The molecule has 26 heavy (non-hydrogen) atoms. The summed E-state index contributed by atoms with van der Waals surface area (Å²) in [5, 5.41) is 2.59. The van der Waals surface area contributed by atoms with Crippen LogP contribution in [0.5, 0.6) is 0 Å². The number of amides is 1. The molecule has 0 saturated carbocycles. The molecule has 3 rings (SSSR count). The zero-order chi connectivity index (χ0) is 18.5. The van der Waals surface area contributed by atoms with E-state index in [4.69, 9.17) is 4.42 Å². The average molecular weight is 354 g/mol. The minimum atomic E-state index is -1.41. The number of pyridine rings is 1. The van der Waals surface area contributed by atoms with Crippen LogP contribution in [0.2, 0.25) is 0 Å². The van der Waals surface area contributed by atoms with Gasteiger partial charge < -0.3 is 9.73 Å². The zero-order valence-electron chi connectivity index (χ0n) is 13.6. The van der Waals surface area contributed by atoms with Crippen molar-refractivity contribution in [1.82, 2.24) is 9.88 Å². The molecule has 2 heterocycles. The molecule has 6 nitrogen and oxygen atoms in total. The van der Waals surface area contributed by atoms with E-state index in [0.29, 0.717) is 5.76 Å². The number of nitrogens with one attached hydrogen (secondary N) is 1. The minimum Gasteiger partial charge on any atom is -0.467 e. The number of hydrogen-bond donors (Lipinski definition) is 1. The molecule has 0 saturated heterocycles. The predicted molar refractivity (Wildman–Crippen MR) is 91.0 cm³/mol. The molecule has 132 valence electrons. The fraction of sp³-hybridized carbons (Fsp3) is 0.105. The minimum absolute atomic E-state index is 0.0701. The Morgan fingerprint density at radius 3 is 2.50 bits per heavy atom. The van der Waals surface area contributed by atoms with Gasteiger partial charge in [0.15, 0.2) is 11.8 Å². The molecule has 1 atom stereocenters. The van der Waals surface area contributed by atoms with E-state index >= 15 is 0 Å². The van der Waals surface area contributed by atoms with Gasteiger partial charge in [-0.3, -0.25) is 19.0 Å². The number of benzene rings is 1.